The van der Waals surface area contributed by atoms with Gasteiger partial charge in [0.25, 0.3) is 0 Å². The van der Waals surface area contributed by atoms with Gasteiger partial charge in [-0.3, -0.25) is 14.4 Å². The lowest BCUT2D eigenvalue weighted by Crippen LogP contribution is -2.65. The molecular formula is C44H70O17. The van der Waals surface area contributed by atoms with Crippen molar-refractivity contribution in [3.8, 4) is 0 Å². The minimum atomic E-state index is -1.76. The monoisotopic (exact) mass is 870 g/mol. The van der Waals surface area contributed by atoms with E-state index in [1.165, 1.54) is 30.6 Å². The number of allylic oxidation sites excluding steroid dienone is 7. The molecule has 348 valence electrons. The number of ether oxygens (including phenoxy) is 9. The highest BCUT2D eigenvalue weighted by molar-refractivity contribution is 5.68. The van der Waals surface area contributed by atoms with E-state index in [1.807, 2.05) is 13.0 Å². The molecule has 0 saturated carbocycles. The van der Waals surface area contributed by atoms with Gasteiger partial charge in [0.15, 0.2) is 37.2 Å². The highest BCUT2D eigenvalue weighted by atomic mass is 16.8. The van der Waals surface area contributed by atoms with Gasteiger partial charge in [0, 0.05) is 20.8 Å². The van der Waals surface area contributed by atoms with Crippen molar-refractivity contribution in [2.45, 2.75) is 200 Å². The van der Waals surface area contributed by atoms with Crippen LogP contribution in [0.5, 0.6) is 0 Å². The van der Waals surface area contributed by atoms with E-state index in [-0.39, 0.29) is 6.61 Å². The molecule has 5 N–H and O–H groups in total. The van der Waals surface area contributed by atoms with E-state index in [9.17, 15) is 39.9 Å². The van der Waals surface area contributed by atoms with Gasteiger partial charge in [0.2, 0.25) is 0 Å². The Morgan fingerprint density at radius 2 is 1.00 bits per heavy atom. The van der Waals surface area contributed by atoms with E-state index in [0.29, 0.717) is 0 Å². The molecule has 17 heteroatoms. The molecule has 0 aromatic carbocycles. The maximum Gasteiger partial charge on any atom is 0.303 e. The smallest absolute Gasteiger partial charge is 0.303 e. The van der Waals surface area contributed by atoms with Crippen molar-refractivity contribution in [3.63, 3.8) is 0 Å². The summed E-state index contributed by atoms with van der Waals surface area (Å²) in [4.78, 5) is 36.6. The van der Waals surface area contributed by atoms with Crippen LogP contribution in [0.2, 0.25) is 0 Å². The fraction of sp³-hybridized carbons (Fsp3) is 0.750. The van der Waals surface area contributed by atoms with Crippen LogP contribution < -0.4 is 0 Å². The SMILES string of the molecule is CC(=O)OC1C(C)OC(OC2C(OCC=C(C)CCC=C(C)CCC=C(C)CCC=C(C)C)OC(COC3OC(C)C(O)C(O)C3O)C(O)C2O)C(OC(C)=O)C1OC(C)=O. The lowest BCUT2D eigenvalue weighted by molar-refractivity contribution is -0.369. The fourth-order valence-electron chi connectivity index (χ4n) is 7.17. The van der Waals surface area contributed by atoms with Gasteiger partial charge in [-0.1, -0.05) is 46.6 Å². The van der Waals surface area contributed by atoms with E-state index in [0.717, 1.165) is 64.9 Å². The van der Waals surface area contributed by atoms with Gasteiger partial charge in [-0.05, 0) is 87.0 Å². The third-order valence-corrected chi connectivity index (χ3v) is 10.6. The van der Waals surface area contributed by atoms with Gasteiger partial charge in [-0.25, -0.2) is 0 Å². The number of carbonyl (C=O) groups excluding carboxylic acids is 3. The first-order valence-electron chi connectivity index (χ1n) is 21.1. The van der Waals surface area contributed by atoms with Crippen LogP contribution in [0.25, 0.3) is 0 Å². The Morgan fingerprint density at radius 3 is 1.56 bits per heavy atom. The average Bonchev–Trinajstić information content (AvgIpc) is 3.17. The van der Waals surface area contributed by atoms with Crippen molar-refractivity contribution in [2.75, 3.05) is 13.2 Å². The molecule has 3 fully saturated rings. The molecule has 0 aliphatic carbocycles. The van der Waals surface area contributed by atoms with Gasteiger partial charge in [0.1, 0.15) is 42.7 Å². The largest absolute Gasteiger partial charge is 0.456 e. The summed E-state index contributed by atoms with van der Waals surface area (Å²) in [6, 6.07) is 0. The van der Waals surface area contributed by atoms with E-state index < -0.39 is 117 Å². The second kappa shape index (κ2) is 25.3. The number of carbonyl (C=O) groups is 3. The van der Waals surface area contributed by atoms with Crippen molar-refractivity contribution in [3.05, 3.63) is 46.6 Å². The molecule has 0 aromatic rings. The van der Waals surface area contributed by atoms with Gasteiger partial charge in [0.05, 0.1) is 25.4 Å². The molecule has 0 radical (unpaired) electrons. The summed E-state index contributed by atoms with van der Waals surface area (Å²) in [7, 11) is 0. The lowest BCUT2D eigenvalue weighted by Gasteiger charge is -2.47. The molecule has 15 atom stereocenters. The van der Waals surface area contributed by atoms with Crippen LogP contribution in [0.3, 0.4) is 0 Å². The Bertz CT molecular complexity index is 1540. The number of hydrogen-bond donors (Lipinski definition) is 5. The molecule has 17 nitrogen and oxygen atoms in total. The number of aliphatic hydroxyl groups excluding tert-OH is 5. The maximum atomic E-state index is 12.3. The topological polar surface area (TPSA) is 235 Å². The third-order valence-electron chi connectivity index (χ3n) is 10.6. The molecule has 3 aliphatic rings. The third kappa shape index (κ3) is 16.5. The zero-order chi connectivity index (χ0) is 45.6. The zero-order valence-corrected chi connectivity index (χ0v) is 37.3. The second-order valence-electron chi connectivity index (χ2n) is 16.5. The van der Waals surface area contributed by atoms with Crippen LogP contribution in [-0.2, 0) is 57.0 Å². The Labute approximate surface area is 359 Å². The highest BCUT2D eigenvalue weighted by Crippen LogP contribution is 2.34. The number of rotatable bonds is 20. The minimum Gasteiger partial charge on any atom is -0.456 e. The molecule has 0 bridgehead atoms. The summed E-state index contributed by atoms with van der Waals surface area (Å²) in [5, 5.41) is 53.7. The van der Waals surface area contributed by atoms with Crippen LogP contribution >= 0.6 is 0 Å². The Morgan fingerprint density at radius 1 is 0.492 bits per heavy atom. The van der Waals surface area contributed by atoms with Crippen LogP contribution in [0.1, 0.15) is 108 Å². The molecule has 61 heavy (non-hydrogen) atoms. The van der Waals surface area contributed by atoms with Crippen LogP contribution in [0.4, 0.5) is 0 Å². The first-order valence-corrected chi connectivity index (χ1v) is 21.1. The Hall–Kier alpha value is -3.07. The fourth-order valence-corrected chi connectivity index (χ4v) is 7.17. The molecule has 3 aliphatic heterocycles. The van der Waals surface area contributed by atoms with Crippen molar-refractivity contribution >= 4 is 17.9 Å². The molecule has 3 saturated heterocycles. The van der Waals surface area contributed by atoms with Gasteiger partial charge in [-0.2, -0.15) is 0 Å². The molecule has 0 amide bonds. The standard InChI is InChI=1S/C44H70O17/c1-23(2)14-11-15-24(3)16-12-17-25(4)18-13-19-26(5)20-21-53-43-39(36(51)34(49)32(60-43)22-54-42-37(52)35(50)33(48)27(6)55-42)61-44-41(59-31(10)47)40(58-30(9)46)38(28(7)56-44)57-29(8)45/h14,16,18,20,27-28,32-44,48-52H,11-13,15,17,19,21-22H2,1-10H3. The summed E-state index contributed by atoms with van der Waals surface area (Å²) in [6.45, 7) is 16.3. The van der Waals surface area contributed by atoms with E-state index in [4.69, 9.17) is 42.6 Å². The number of esters is 3. The quantitative estimate of drug-likeness (QED) is 0.0670. The van der Waals surface area contributed by atoms with Crippen molar-refractivity contribution in [2.24, 2.45) is 0 Å². The Balaban J connectivity index is 1.78. The van der Waals surface area contributed by atoms with Crippen LogP contribution in [0.15, 0.2) is 46.6 Å². The first kappa shape index (κ1) is 52.3. The Kier molecular flexibility index (Phi) is 21.7. The van der Waals surface area contributed by atoms with Crippen LogP contribution in [-0.4, -0.2) is 149 Å². The summed E-state index contributed by atoms with van der Waals surface area (Å²) >= 11 is 0. The number of aliphatic hydroxyl groups is 5. The summed E-state index contributed by atoms with van der Waals surface area (Å²) in [5.41, 5.74) is 5.01. The highest BCUT2D eigenvalue weighted by Gasteiger charge is 2.55. The maximum absolute atomic E-state index is 12.3. The van der Waals surface area contributed by atoms with Crippen molar-refractivity contribution < 1.29 is 82.5 Å². The van der Waals surface area contributed by atoms with Crippen molar-refractivity contribution in [1.29, 1.82) is 0 Å². The summed E-state index contributed by atoms with van der Waals surface area (Å²) in [6.07, 6.45) is -7.13. The van der Waals surface area contributed by atoms with Crippen LogP contribution in [0, 0.1) is 0 Å². The summed E-state index contributed by atoms with van der Waals surface area (Å²) < 4.78 is 52.0. The molecule has 0 aromatic heterocycles. The van der Waals surface area contributed by atoms with E-state index >= 15 is 0 Å². The zero-order valence-electron chi connectivity index (χ0n) is 37.3. The normalized spacial score (nSPS) is 35.0. The minimum absolute atomic E-state index is 0.0296. The molecule has 3 heterocycles. The predicted molar refractivity (Wildman–Crippen MR) is 219 cm³/mol. The first-order chi connectivity index (χ1) is 28.7. The van der Waals surface area contributed by atoms with Gasteiger partial charge >= 0.3 is 17.9 Å². The van der Waals surface area contributed by atoms with E-state index in [1.54, 1.807) is 0 Å². The molecular weight excluding hydrogens is 800 g/mol. The van der Waals surface area contributed by atoms with Gasteiger partial charge < -0.3 is 68.2 Å². The predicted octanol–water partition coefficient (Wildman–Crippen LogP) is 3.36. The molecule has 15 unspecified atom stereocenters. The summed E-state index contributed by atoms with van der Waals surface area (Å²) in [5.74, 6) is -2.31. The molecule has 3 rings (SSSR count). The second-order valence-corrected chi connectivity index (χ2v) is 16.5. The van der Waals surface area contributed by atoms with Gasteiger partial charge in [-0.15, -0.1) is 0 Å². The number of hydrogen-bond acceptors (Lipinski definition) is 17. The molecule has 0 spiro atoms. The average molecular weight is 871 g/mol. The lowest BCUT2D eigenvalue weighted by atomic mass is 9.97. The van der Waals surface area contributed by atoms with Crippen molar-refractivity contribution in [1.82, 2.24) is 0 Å². The van der Waals surface area contributed by atoms with E-state index in [2.05, 4.69) is 45.9 Å².